The fourth-order valence-corrected chi connectivity index (χ4v) is 3.50. The first-order chi connectivity index (χ1) is 12.2. The second kappa shape index (κ2) is 6.16. The topological polar surface area (TPSA) is 64.8 Å². The van der Waals surface area contributed by atoms with Crippen LogP contribution in [0.1, 0.15) is 17.5 Å². The predicted molar refractivity (Wildman–Crippen MR) is 98.0 cm³/mol. The van der Waals surface area contributed by atoms with Gasteiger partial charge in [-0.2, -0.15) is 0 Å². The highest BCUT2D eigenvalue weighted by molar-refractivity contribution is 6.10. The van der Waals surface area contributed by atoms with Crippen molar-refractivity contribution >= 4 is 23.4 Å². The number of nitrogens with zero attached hydrogens (tertiary/aromatic N) is 1. The molecule has 4 rings (SSSR count). The van der Waals surface area contributed by atoms with Crippen LogP contribution >= 0.6 is 0 Å². The van der Waals surface area contributed by atoms with E-state index in [4.69, 9.17) is 15.2 Å². The number of rotatable bonds is 2. The number of anilines is 2. The van der Waals surface area contributed by atoms with Gasteiger partial charge < -0.3 is 20.1 Å². The van der Waals surface area contributed by atoms with Crippen LogP contribution in [-0.4, -0.2) is 26.2 Å². The lowest BCUT2D eigenvalue weighted by Gasteiger charge is -2.31. The Hall–Kier alpha value is -2.95. The second-order valence-corrected chi connectivity index (χ2v) is 6.24. The SMILES string of the molecule is COc1cccc2c1OCC(C(=O)N1CCCc3c(N)cccc31)=C2. The maximum absolute atomic E-state index is 13.1. The Morgan fingerprint density at radius 3 is 2.92 bits per heavy atom. The van der Waals surface area contributed by atoms with Gasteiger partial charge in [-0.1, -0.05) is 18.2 Å². The van der Waals surface area contributed by atoms with Crippen molar-refractivity contribution in [1.82, 2.24) is 0 Å². The molecule has 0 saturated carbocycles. The van der Waals surface area contributed by atoms with E-state index in [9.17, 15) is 4.79 Å². The van der Waals surface area contributed by atoms with Gasteiger partial charge in [0.1, 0.15) is 6.61 Å². The lowest BCUT2D eigenvalue weighted by Crippen LogP contribution is -2.38. The smallest absolute Gasteiger partial charge is 0.257 e. The Morgan fingerprint density at radius 2 is 2.08 bits per heavy atom. The lowest BCUT2D eigenvalue weighted by atomic mass is 9.98. The van der Waals surface area contributed by atoms with Crippen molar-refractivity contribution in [3.8, 4) is 11.5 Å². The van der Waals surface area contributed by atoms with E-state index in [0.717, 1.165) is 35.3 Å². The summed E-state index contributed by atoms with van der Waals surface area (Å²) in [5, 5.41) is 0. The lowest BCUT2D eigenvalue weighted by molar-refractivity contribution is -0.115. The number of carbonyl (C=O) groups is 1. The molecule has 0 unspecified atom stereocenters. The summed E-state index contributed by atoms with van der Waals surface area (Å²) >= 11 is 0. The first-order valence-electron chi connectivity index (χ1n) is 8.38. The van der Waals surface area contributed by atoms with Crippen molar-refractivity contribution in [2.75, 3.05) is 30.9 Å². The molecule has 5 heteroatoms. The number of ether oxygens (including phenoxy) is 2. The average Bonchev–Trinajstić information content (AvgIpc) is 2.66. The van der Waals surface area contributed by atoms with Crippen LogP contribution in [0.5, 0.6) is 11.5 Å². The molecule has 0 spiro atoms. The zero-order valence-electron chi connectivity index (χ0n) is 14.1. The molecular formula is C20H20N2O3. The summed E-state index contributed by atoms with van der Waals surface area (Å²) in [5.74, 6) is 1.33. The zero-order chi connectivity index (χ0) is 17.4. The van der Waals surface area contributed by atoms with Gasteiger partial charge in [-0.15, -0.1) is 0 Å². The summed E-state index contributed by atoms with van der Waals surface area (Å²) in [7, 11) is 1.61. The van der Waals surface area contributed by atoms with E-state index in [1.807, 2.05) is 47.4 Å². The number of carbonyl (C=O) groups excluding carboxylic acids is 1. The molecule has 2 N–H and O–H groups in total. The molecule has 0 bridgehead atoms. The number of nitrogens with two attached hydrogens (primary N) is 1. The second-order valence-electron chi connectivity index (χ2n) is 6.24. The maximum atomic E-state index is 13.1. The first-order valence-corrected chi connectivity index (χ1v) is 8.38. The Balaban J connectivity index is 1.69. The quantitative estimate of drug-likeness (QED) is 0.856. The van der Waals surface area contributed by atoms with Gasteiger partial charge in [0, 0.05) is 23.5 Å². The standard InChI is InChI=1S/C20H20N2O3/c1-24-18-9-2-5-13-11-14(12-25-19(13)18)20(23)22-10-4-6-15-16(21)7-3-8-17(15)22/h2-3,5,7-9,11H,4,6,10,12,21H2,1H3. The molecule has 2 heterocycles. The summed E-state index contributed by atoms with van der Waals surface area (Å²) < 4.78 is 11.1. The fourth-order valence-electron chi connectivity index (χ4n) is 3.50. The van der Waals surface area contributed by atoms with E-state index >= 15 is 0 Å². The number of para-hydroxylation sites is 1. The van der Waals surface area contributed by atoms with Crippen LogP contribution in [0, 0.1) is 0 Å². The molecule has 2 aliphatic heterocycles. The van der Waals surface area contributed by atoms with Gasteiger partial charge in [0.15, 0.2) is 11.5 Å². The molecule has 2 aromatic carbocycles. The van der Waals surface area contributed by atoms with E-state index < -0.39 is 0 Å². The molecule has 25 heavy (non-hydrogen) atoms. The van der Waals surface area contributed by atoms with Crippen molar-refractivity contribution in [3.05, 3.63) is 53.1 Å². The summed E-state index contributed by atoms with van der Waals surface area (Å²) in [6.45, 7) is 0.929. The van der Waals surface area contributed by atoms with Crippen molar-refractivity contribution in [2.45, 2.75) is 12.8 Å². The minimum Gasteiger partial charge on any atom is -0.493 e. The Labute approximate surface area is 146 Å². The van der Waals surface area contributed by atoms with Crippen molar-refractivity contribution in [2.24, 2.45) is 0 Å². The molecule has 0 saturated heterocycles. The Morgan fingerprint density at radius 1 is 1.24 bits per heavy atom. The largest absolute Gasteiger partial charge is 0.493 e. The van der Waals surface area contributed by atoms with Crippen LogP contribution in [0.4, 0.5) is 11.4 Å². The maximum Gasteiger partial charge on any atom is 0.257 e. The third kappa shape index (κ3) is 2.61. The van der Waals surface area contributed by atoms with Gasteiger partial charge in [-0.25, -0.2) is 0 Å². The molecule has 128 valence electrons. The van der Waals surface area contributed by atoms with Gasteiger partial charge in [-0.05, 0) is 42.7 Å². The van der Waals surface area contributed by atoms with E-state index in [1.165, 1.54) is 0 Å². The van der Waals surface area contributed by atoms with E-state index in [0.29, 0.717) is 23.6 Å². The predicted octanol–water partition coefficient (Wildman–Crippen LogP) is 3.03. The van der Waals surface area contributed by atoms with Crippen LogP contribution in [0.3, 0.4) is 0 Å². The van der Waals surface area contributed by atoms with Crippen LogP contribution in [0.25, 0.3) is 6.08 Å². The third-order valence-corrected chi connectivity index (χ3v) is 4.74. The molecule has 0 aliphatic carbocycles. The molecule has 5 nitrogen and oxygen atoms in total. The summed E-state index contributed by atoms with van der Waals surface area (Å²) in [5.41, 5.74) is 10.3. The molecule has 0 radical (unpaired) electrons. The highest BCUT2D eigenvalue weighted by Gasteiger charge is 2.28. The van der Waals surface area contributed by atoms with Crippen LogP contribution in [-0.2, 0) is 11.2 Å². The van der Waals surface area contributed by atoms with Crippen molar-refractivity contribution in [1.29, 1.82) is 0 Å². The first kappa shape index (κ1) is 15.6. The van der Waals surface area contributed by atoms with Crippen molar-refractivity contribution in [3.63, 3.8) is 0 Å². The van der Waals surface area contributed by atoms with Gasteiger partial charge in [0.05, 0.1) is 12.7 Å². The molecule has 2 aromatic rings. The Kier molecular flexibility index (Phi) is 3.84. The monoisotopic (exact) mass is 336 g/mol. The number of hydrogen-bond donors (Lipinski definition) is 1. The Bertz CT molecular complexity index is 873. The van der Waals surface area contributed by atoms with E-state index in [1.54, 1.807) is 7.11 Å². The zero-order valence-corrected chi connectivity index (χ0v) is 14.1. The number of hydrogen-bond acceptors (Lipinski definition) is 4. The fraction of sp³-hybridized carbons (Fsp3) is 0.250. The highest BCUT2D eigenvalue weighted by atomic mass is 16.5. The van der Waals surface area contributed by atoms with Crippen molar-refractivity contribution < 1.29 is 14.3 Å². The summed E-state index contributed by atoms with van der Waals surface area (Å²) in [4.78, 5) is 14.9. The van der Waals surface area contributed by atoms with Crippen LogP contribution in [0.15, 0.2) is 42.0 Å². The molecule has 2 aliphatic rings. The summed E-state index contributed by atoms with van der Waals surface area (Å²) in [6.07, 6.45) is 3.71. The molecular weight excluding hydrogens is 316 g/mol. The van der Waals surface area contributed by atoms with E-state index in [-0.39, 0.29) is 12.5 Å². The number of nitrogen functional groups attached to an aromatic ring is 1. The number of benzene rings is 2. The third-order valence-electron chi connectivity index (χ3n) is 4.74. The van der Waals surface area contributed by atoms with Gasteiger partial charge in [0.2, 0.25) is 0 Å². The minimum atomic E-state index is -0.0278. The van der Waals surface area contributed by atoms with Crippen LogP contribution < -0.4 is 20.1 Å². The van der Waals surface area contributed by atoms with Gasteiger partial charge in [0.25, 0.3) is 5.91 Å². The number of methoxy groups -OCH3 is 1. The van der Waals surface area contributed by atoms with Crippen LogP contribution in [0.2, 0.25) is 0 Å². The average molecular weight is 336 g/mol. The normalized spacial score (nSPS) is 15.6. The highest BCUT2D eigenvalue weighted by Crippen LogP contribution is 2.37. The minimum absolute atomic E-state index is 0.0278. The van der Waals surface area contributed by atoms with E-state index in [2.05, 4.69) is 0 Å². The molecule has 1 amide bonds. The molecule has 0 atom stereocenters. The molecule has 0 fully saturated rings. The van der Waals surface area contributed by atoms with Gasteiger partial charge in [-0.3, -0.25) is 4.79 Å². The molecule has 0 aromatic heterocycles. The number of amides is 1. The van der Waals surface area contributed by atoms with Gasteiger partial charge >= 0.3 is 0 Å². The summed E-state index contributed by atoms with van der Waals surface area (Å²) in [6, 6.07) is 11.4. The number of fused-ring (bicyclic) bond motifs is 2.